The van der Waals surface area contributed by atoms with Gasteiger partial charge in [-0.15, -0.1) is 0 Å². The molecule has 0 aliphatic heterocycles. The molecule has 6 heteroatoms. The summed E-state index contributed by atoms with van der Waals surface area (Å²) in [5, 5.41) is 3.42. The van der Waals surface area contributed by atoms with Gasteiger partial charge in [0.1, 0.15) is 0 Å². The second kappa shape index (κ2) is 6.40. The molecule has 0 fully saturated rings. The molecule has 1 aromatic heterocycles. The predicted molar refractivity (Wildman–Crippen MR) is 90.5 cm³/mol. The number of nitrogens with zero attached hydrogens (tertiary/aromatic N) is 2. The number of nitrogens with one attached hydrogen (secondary N) is 1. The molecule has 2 aromatic carbocycles. The maximum Gasteiger partial charge on any atom is 0.260 e. The van der Waals surface area contributed by atoms with Gasteiger partial charge in [0.05, 0.1) is 11.0 Å². The number of carbonyl (C=O) groups excluding carboxylic acids is 1. The molecule has 1 heterocycles. The van der Waals surface area contributed by atoms with Gasteiger partial charge in [-0.1, -0.05) is 41.9 Å². The van der Waals surface area contributed by atoms with Gasteiger partial charge >= 0.3 is 0 Å². The Morgan fingerprint density at radius 2 is 2.00 bits per heavy atom. The lowest BCUT2D eigenvalue weighted by atomic mass is 10.1. The van der Waals surface area contributed by atoms with Crippen molar-refractivity contribution in [2.24, 2.45) is 7.05 Å². The fourth-order valence-electron chi connectivity index (χ4n) is 2.48. The summed E-state index contributed by atoms with van der Waals surface area (Å²) in [6.45, 7) is 0. The van der Waals surface area contributed by atoms with E-state index in [-0.39, 0.29) is 5.91 Å². The van der Waals surface area contributed by atoms with Gasteiger partial charge in [0.2, 0.25) is 5.95 Å². The van der Waals surface area contributed by atoms with Crippen molar-refractivity contribution in [2.75, 3.05) is 12.4 Å². The number of aryl methyl sites for hydroxylation is 1. The highest BCUT2D eigenvalue weighted by atomic mass is 35.5. The number of carbonyl (C=O) groups is 1. The first-order chi connectivity index (χ1) is 11.1. The zero-order valence-electron chi connectivity index (χ0n) is 12.8. The molecule has 0 saturated carbocycles. The second-order valence-corrected chi connectivity index (χ2v) is 5.58. The molecule has 0 saturated heterocycles. The monoisotopic (exact) mass is 329 g/mol. The quantitative estimate of drug-likeness (QED) is 0.796. The molecule has 3 aromatic rings. The zero-order chi connectivity index (χ0) is 16.4. The molecule has 0 bridgehead atoms. The average Bonchev–Trinajstić information content (AvgIpc) is 2.84. The molecular weight excluding hydrogens is 314 g/mol. The molecule has 0 radical (unpaired) electrons. The van der Waals surface area contributed by atoms with E-state index >= 15 is 0 Å². The minimum atomic E-state index is -0.695. The Labute approximate surface area is 138 Å². The van der Waals surface area contributed by atoms with E-state index in [1.807, 2.05) is 43.4 Å². The van der Waals surface area contributed by atoms with Crippen LogP contribution < -0.4 is 5.32 Å². The normalized spacial score (nSPS) is 12.3. The Bertz CT molecular complexity index is 846. The number of hydrogen-bond acceptors (Lipinski definition) is 3. The van der Waals surface area contributed by atoms with Crippen LogP contribution in [0.3, 0.4) is 0 Å². The third-order valence-corrected chi connectivity index (χ3v) is 3.89. The molecule has 0 aliphatic rings. The van der Waals surface area contributed by atoms with Crippen LogP contribution in [0.5, 0.6) is 0 Å². The Morgan fingerprint density at radius 1 is 1.26 bits per heavy atom. The molecule has 1 N–H and O–H groups in total. The van der Waals surface area contributed by atoms with Crippen molar-refractivity contribution in [1.82, 2.24) is 9.55 Å². The molecule has 0 aliphatic carbocycles. The number of aromatic nitrogens is 2. The van der Waals surface area contributed by atoms with Crippen LogP contribution in [0.1, 0.15) is 11.7 Å². The van der Waals surface area contributed by atoms with Gasteiger partial charge in [-0.3, -0.25) is 10.1 Å². The van der Waals surface area contributed by atoms with Crippen molar-refractivity contribution in [3.8, 4) is 0 Å². The maximum absolute atomic E-state index is 12.5. The number of hydrogen-bond donors (Lipinski definition) is 1. The summed E-state index contributed by atoms with van der Waals surface area (Å²) in [6.07, 6.45) is -0.695. The third-order valence-electron chi connectivity index (χ3n) is 3.65. The Kier molecular flexibility index (Phi) is 4.32. The van der Waals surface area contributed by atoms with E-state index in [2.05, 4.69) is 10.3 Å². The number of halogens is 1. The summed E-state index contributed by atoms with van der Waals surface area (Å²) < 4.78 is 7.14. The maximum atomic E-state index is 12.5. The first-order valence-electron chi connectivity index (χ1n) is 7.10. The molecular formula is C17H16ClN3O2. The second-order valence-electron chi connectivity index (χ2n) is 5.14. The zero-order valence-corrected chi connectivity index (χ0v) is 13.5. The van der Waals surface area contributed by atoms with Crippen LogP contribution in [-0.4, -0.2) is 22.6 Å². The molecule has 1 atom stereocenters. The van der Waals surface area contributed by atoms with Gasteiger partial charge in [0.15, 0.2) is 6.10 Å². The largest absolute Gasteiger partial charge is 0.367 e. The first-order valence-corrected chi connectivity index (χ1v) is 7.48. The molecule has 0 spiro atoms. The van der Waals surface area contributed by atoms with Gasteiger partial charge in [-0.25, -0.2) is 4.98 Å². The lowest BCUT2D eigenvalue weighted by Crippen LogP contribution is -2.24. The fraction of sp³-hybridized carbons (Fsp3) is 0.176. The van der Waals surface area contributed by atoms with Crippen LogP contribution in [0.25, 0.3) is 11.0 Å². The molecule has 1 unspecified atom stereocenters. The van der Waals surface area contributed by atoms with E-state index < -0.39 is 6.10 Å². The standard InChI is InChI=1S/C17H16ClN3O2/c1-21-14-9-8-12(18)10-13(14)19-17(21)20-16(22)15(23-2)11-6-4-3-5-7-11/h3-10,15H,1-2H3,(H,19,20,22). The van der Waals surface area contributed by atoms with Gasteiger partial charge in [-0.05, 0) is 23.8 Å². The predicted octanol–water partition coefficient (Wildman–Crippen LogP) is 3.55. The SMILES string of the molecule is COC(C(=O)Nc1nc2cc(Cl)ccc2n1C)c1ccccc1. The van der Waals surface area contributed by atoms with Crippen LogP contribution >= 0.6 is 11.6 Å². The van der Waals surface area contributed by atoms with E-state index in [0.717, 1.165) is 16.6 Å². The lowest BCUT2D eigenvalue weighted by Gasteiger charge is -2.15. The van der Waals surface area contributed by atoms with E-state index in [1.54, 1.807) is 16.7 Å². The molecule has 1 amide bonds. The summed E-state index contributed by atoms with van der Waals surface area (Å²) in [4.78, 5) is 16.9. The van der Waals surface area contributed by atoms with Gasteiger partial charge in [0, 0.05) is 19.2 Å². The fourth-order valence-corrected chi connectivity index (χ4v) is 2.65. The molecule has 118 valence electrons. The van der Waals surface area contributed by atoms with E-state index in [9.17, 15) is 4.79 Å². The number of imidazole rings is 1. The van der Waals surface area contributed by atoms with Crippen LogP contribution in [0.2, 0.25) is 5.02 Å². The number of fused-ring (bicyclic) bond motifs is 1. The first kappa shape index (κ1) is 15.5. The Hall–Kier alpha value is -2.37. The lowest BCUT2D eigenvalue weighted by molar-refractivity contribution is -0.126. The third kappa shape index (κ3) is 3.06. The molecule has 5 nitrogen and oxygen atoms in total. The van der Waals surface area contributed by atoms with Crippen molar-refractivity contribution in [2.45, 2.75) is 6.10 Å². The highest BCUT2D eigenvalue weighted by Gasteiger charge is 2.21. The van der Waals surface area contributed by atoms with Gasteiger partial charge < -0.3 is 9.30 Å². The van der Waals surface area contributed by atoms with Crippen LogP contribution in [0.15, 0.2) is 48.5 Å². The summed E-state index contributed by atoms with van der Waals surface area (Å²) in [7, 11) is 3.34. The van der Waals surface area contributed by atoms with E-state index in [4.69, 9.17) is 16.3 Å². The topological polar surface area (TPSA) is 56.1 Å². The van der Waals surface area contributed by atoms with Crippen molar-refractivity contribution in [3.63, 3.8) is 0 Å². The van der Waals surface area contributed by atoms with Gasteiger partial charge in [0.25, 0.3) is 5.91 Å². The van der Waals surface area contributed by atoms with Crippen LogP contribution in [-0.2, 0) is 16.6 Å². The minimum absolute atomic E-state index is 0.275. The average molecular weight is 330 g/mol. The van der Waals surface area contributed by atoms with Crippen LogP contribution in [0, 0.1) is 0 Å². The van der Waals surface area contributed by atoms with Crippen molar-refractivity contribution in [3.05, 3.63) is 59.1 Å². The summed E-state index contributed by atoms with van der Waals surface area (Å²) in [6, 6.07) is 14.7. The highest BCUT2D eigenvalue weighted by molar-refractivity contribution is 6.31. The van der Waals surface area contributed by atoms with Crippen LogP contribution in [0.4, 0.5) is 5.95 Å². The summed E-state index contributed by atoms with van der Waals surface area (Å²) >= 11 is 5.98. The summed E-state index contributed by atoms with van der Waals surface area (Å²) in [5.41, 5.74) is 2.40. The number of benzene rings is 2. The highest BCUT2D eigenvalue weighted by Crippen LogP contribution is 2.23. The Morgan fingerprint density at radius 3 is 2.70 bits per heavy atom. The number of ether oxygens (including phenoxy) is 1. The van der Waals surface area contributed by atoms with E-state index in [1.165, 1.54) is 7.11 Å². The number of methoxy groups -OCH3 is 1. The molecule has 3 rings (SSSR count). The Balaban J connectivity index is 1.89. The van der Waals surface area contributed by atoms with Crippen molar-refractivity contribution >= 4 is 34.5 Å². The smallest absolute Gasteiger partial charge is 0.260 e. The van der Waals surface area contributed by atoms with Crippen molar-refractivity contribution < 1.29 is 9.53 Å². The van der Waals surface area contributed by atoms with Crippen molar-refractivity contribution in [1.29, 1.82) is 0 Å². The van der Waals surface area contributed by atoms with Gasteiger partial charge in [-0.2, -0.15) is 0 Å². The number of anilines is 1. The van der Waals surface area contributed by atoms with E-state index in [0.29, 0.717) is 11.0 Å². The number of amides is 1. The summed E-state index contributed by atoms with van der Waals surface area (Å²) in [5.74, 6) is 0.174. The number of rotatable bonds is 4. The minimum Gasteiger partial charge on any atom is -0.367 e. The molecule has 23 heavy (non-hydrogen) atoms.